The largest absolute Gasteiger partial charge is 0.482 e. The number of rotatable bonds is 5. The van der Waals surface area contributed by atoms with Crippen LogP contribution >= 0.6 is 11.6 Å². The van der Waals surface area contributed by atoms with E-state index in [1.54, 1.807) is 19.1 Å². The summed E-state index contributed by atoms with van der Waals surface area (Å²) < 4.78 is 39.0. The third kappa shape index (κ3) is 4.35. The van der Waals surface area contributed by atoms with Crippen LogP contribution in [0.3, 0.4) is 0 Å². The number of fused-ring (bicyclic) bond motifs is 1. The molecule has 11 heteroatoms. The number of amides is 1. The van der Waals surface area contributed by atoms with Crippen LogP contribution in [0.5, 0.6) is 5.75 Å². The molecular formula is C20H19ClN4O5S. The van der Waals surface area contributed by atoms with Gasteiger partial charge in [-0.2, -0.15) is 4.98 Å². The number of carbonyl (C=O) groups is 1. The van der Waals surface area contributed by atoms with E-state index in [9.17, 15) is 13.2 Å². The van der Waals surface area contributed by atoms with E-state index in [0.29, 0.717) is 23.1 Å². The van der Waals surface area contributed by atoms with E-state index in [1.165, 1.54) is 17.0 Å². The predicted molar refractivity (Wildman–Crippen MR) is 114 cm³/mol. The van der Waals surface area contributed by atoms with Gasteiger partial charge in [-0.1, -0.05) is 22.8 Å². The Morgan fingerprint density at radius 1 is 1.13 bits per heavy atom. The molecule has 0 spiro atoms. The molecular weight excluding hydrogens is 444 g/mol. The van der Waals surface area contributed by atoms with Gasteiger partial charge in [0.2, 0.25) is 5.89 Å². The van der Waals surface area contributed by atoms with Gasteiger partial charge in [0.05, 0.1) is 17.3 Å². The molecule has 1 amide bonds. The first-order valence-corrected chi connectivity index (χ1v) is 11.2. The first-order valence-electron chi connectivity index (χ1n) is 9.29. The number of anilines is 2. The highest BCUT2D eigenvalue weighted by Gasteiger charge is 2.30. The summed E-state index contributed by atoms with van der Waals surface area (Å²) in [5, 5.41) is 3.75. The van der Waals surface area contributed by atoms with E-state index in [0.717, 1.165) is 11.1 Å². The SMILES string of the molecule is Cc1cc(C)cc(NS(=O)(=O)c2cc3c(cc2Cl)N(Cc2noc(C)n2)C(=O)CO3)c1. The number of sulfonamides is 1. The van der Waals surface area contributed by atoms with Gasteiger partial charge in [0.1, 0.15) is 10.6 Å². The number of aryl methyl sites for hydroxylation is 3. The first-order chi connectivity index (χ1) is 14.6. The van der Waals surface area contributed by atoms with Gasteiger partial charge in [0.25, 0.3) is 15.9 Å². The average Bonchev–Trinajstić information content (AvgIpc) is 3.07. The van der Waals surface area contributed by atoms with Gasteiger partial charge in [0.15, 0.2) is 12.4 Å². The molecule has 1 N–H and O–H groups in total. The summed E-state index contributed by atoms with van der Waals surface area (Å²) in [7, 11) is -4.00. The molecule has 0 unspecified atom stereocenters. The molecule has 0 atom stereocenters. The van der Waals surface area contributed by atoms with Gasteiger partial charge in [-0.15, -0.1) is 0 Å². The van der Waals surface area contributed by atoms with Crippen molar-refractivity contribution in [2.24, 2.45) is 0 Å². The number of carbonyl (C=O) groups excluding carboxylic acids is 1. The van der Waals surface area contributed by atoms with E-state index in [4.69, 9.17) is 20.9 Å². The number of halogens is 1. The summed E-state index contributed by atoms with van der Waals surface area (Å²) in [5.74, 6) is 0.552. The number of benzene rings is 2. The van der Waals surface area contributed by atoms with Crippen LogP contribution in [0, 0.1) is 20.8 Å². The topological polar surface area (TPSA) is 115 Å². The zero-order valence-electron chi connectivity index (χ0n) is 17.0. The zero-order valence-corrected chi connectivity index (χ0v) is 18.5. The van der Waals surface area contributed by atoms with Crippen LogP contribution in [0.25, 0.3) is 0 Å². The van der Waals surface area contributed by atoms with Crippen molar-refractivity contribution in [3.05, 3.63) is 58.2 Å². The first kappa shape index (κ1) is 21.1. The highest BCUT2D eigenvalue weighted by molar-refractivity contribution is 7.92. The van der Waals surface area contributed by atoms with Crippen LogP contribution in [0.2, 0.25) is 5.02 Å². The van der Waals surface area contributed by atoms with E-state index < -0.39 is 10.0 Å². The lowest BCUT2D eigenvalue weighted by Crippen LogP contribution is -2.38. The number of nitrogens with one attached hydrogen (secondary N) is 1. The quantitative estimate of drug-likeness (QED) is 0.618. The molecule has 3 aromatic rings. The fourth-order valence-electron chi connectivity index (χ4n) is 3.37. The Morgan fingerprint density at radius 2 is 1.84 bits per heavy atom. The van der Waals surface area contributed by atoms with Crippen molar-refractivity contribution in [3.63, 3.8) is 0 Å². The Kier molecular flexibility index (Phi) is 5.36. The number of nitrogens with zero attached hydrogens (tertiary/aromatic N) is 3. The molecule has 0 saturated carbocycles. The molecule has 0 aliphatic carbocycles. The summed E-state index contributed by atoms with van der Waals surface area (Å²) in [6, 6.07) is 8.08. The number of hydrogen-bond donors (Lipinski definition) is 1. The number of hydrogen-bond acceptors (Lipinski definition) is 7. The van der Waals surface area contributed by atoms with Crippen LogP contribution < -0.4 is 14.4 Å². The highest BCUT2D eigenvalue weighted by atomic mass is 35.5. The van der Waals surface area contributed by atoms with Gasteiger partial charge in [-0.05, 0) is 43.2 Å². The van der Waals surface area contributed by atoms with E-state index in [-0.39, 0.29) is 34.7 Å². The smallest absolute Gasteiger partial charge is 0.265 e. The van der Waals surface area contributed by atoms with Gasteiger partial charge in [-0.25, -0.2) is 8.42 Å². The Hall–Kier alpha value is -3.11. The second-order valence-corrected chi connectivity index (χ2v) is 9.29. The molecule has 1 aliphatic rings. The fraction of sp³-hybridized carbons (Fsp3) is 0.250. The molecule has 162 valence electrons. The van der Waals surface area contributed by atoms with Crippen LogP contribution in [0.1, 0.15) is 22.8 Å². The van der Waals surface area contributed by atoms with Gasteiger partial charge in [-0.3, -0.25) is 14.4 Å². The van der Waals surface area contributed by atoms with Gasteiger partial charge >= 0.3 is 0 Å². The minimum atomic E-state index is -4.00. The molecule has 0 fully saturated rings. The Morgan fingerprint density at radius 3 is 2.48 bits per heavy atom. The van der Waals surface area contributed by atoms with Crippen molar-refractivity contribution in [1.29, 1.82) is 0 Å². The summed E-state index contributed by atoms with van der Waals surface area (Å²) in [4.78, 5) is 17.7. The van der Waals surface area contributed by atoms with Crippen LogP contribution in [-0.2, 0) is 21.4 Å². The molecule has 0 bridgehead atoms. The van der Waals surface area contributed by atoms with Crippen molar-refractivity contribution >= 4 is 38.9 Å². The second-order valence-electron chi connectivity index (χ2n) is 7.23. The lowest BCUT2D eigenvalue weighted by atomic mass is 10.1. The van der Waals surface area contributed by atoms with Crippen molar-refractivity contribution in [2.45, 2.75) is 32.2 Å². The Balaban J connectivity index is 1.69. The maximum atomic E-state index is 13.0. The standard InChI is InChI=1S/C20H19ClN4O5S/c1-11-4-12(2)6-14(5-11)24-31(27,28)18-8-17-16(7-15(18)21)25(20(26)10-29-17)9-19-22-13(3)30-23-19/h4-8,24H,9-10H2,1-3H3. The predicted octanol–water partition coefficient (Wildman–Crippen LogP) is 3.37. The molecule has 4 rings (SSSR count). The van der Waals surface area contributed by atoms with Crippen molar-refractivity contribution in [2.75, 3.05) is 16.2 Å². The van der Waals surface area contributed by atoms with Crippen LogP contribution in [0.15, 0.2) is 39.8 Å². The van der Waals surface area contributed by atoms with E-state index >= 15 is 0 Å². The third-order valence-corrected chi connectivity index (χ3v) is 6.44. The molecule has 9 nitrogen and oxygen atoms in total. The Labute approximate surface area is 184 Å². The molecule has 31 heavy (non-hydrogen) atoms. The molecule has 0 saturated heterocycles. The third-order valence-electron chi connectivity index (χ3n) is 4.59. The maximum Gasteiger partial charge on any atom is 0.265 e. The van der Waals surface area contributed by atoms with Gasteiger partial charge in [0, 0.05) is 18.7 Å². The van der Waals surface area contributed by atoms with E-state index in [1.807, 2.05) is 19.9 Å². The van der Waals surface area contributed by atoms with Crippen LogP contribution in [0.4, 0.5) is 11.4 Å². The Bertz CT molecular complexity index is 1270. The van der Waals surface area contributed by atoms with Crippen molar-refractivity contribution in [3.8, 4) is 5.75 Å². The lowest BCUT2D eigenvalue weighted by molar-refractivity contribution is -0.121. The van der Waals surface area contributed by atoms with Crippen molar-refractivity contribution < 1.29 is 22.5 Å². The zero-order chi connectivity index (χ0) is 22.3. The monoisotopic (exact) mass is 462 g/mol. The number of aromatic nitrogens is 2. The summed E-state index contributed by atoms with van der Waals surface area (Å²) in [6.45, 7) is 5.18. The maximum absolute atomic E-state index is 13.0. The van der Waals surface area contributed by atoms with Crippen LogP contribution in [-0.4, -0.2) is 31.1 Å². The summed E-state index contributed by atoms with van der Waals surface area (Å²) in [6.07, 6.45) is 0. The molecule has 0 radical (unpaired) electrons. The summed E-state index contributed by atoms with van der Waals surface area (Å²) in [5.41, 5.74) is 2.59. The minimum absolute atomic E-state index is 0.0375. The number of ether oxygens (including phenoxy) is 1. The second kappa shape index (κ2) is 7.86. The minimum Gasteiger partial charge on any atom is -0.482 e. The molecule has 1 aromatic heterocycles. The van der Waals surface area contributed by atoms with Crippen molar-refractivity contribution in [1.82, 2.24) is 10.1 Å². The molecule has 2 heterocycles. The average molecular weight is 463 g/mol. The molecule has 1 aliphatic heterocycles. The normalized spacial score (nSPS) is 13.7. The highest BCUT2D eigenvalue weighted by Crippen LogP contribution is 2.39. The lowest BCUT2D eigenvalue weighted by Gasteiger charge is -2.29. The van der Waals surface area contributed by atoms with Gasteiger partial charge < -0.3 is 9.26 Å². The fourth-order valence-corrected chi connectivity index (χ4v) is 4.95. The molecule has 2 aromatic carbocycles. The summed E-state index contributed by atoms with van der Waals surface area (Å²) >= 11 is 6.33. The van der Waals surface area contributed by atoms with E-state index in [2.05, 4.69) is 14.9 Å².